The van der Waals surface area contributed by atoms with E-state index in [9.17, 15) is 19.3 Å². The number of rotatable bonds is 5. The van der Waals surface area contributed by atoms with Crippen molar-refractivity contribution in [1.82, 2.24) is 0 Å². The number of benzene rings is 1. The number of nitro benzene ring substituents is 1. The number of anilines is 1. The van der Waals surface area contributed by atoms with Crippen LogP contribution in [-0.4, -0.2) is 29.6 Å². The molecule has 1 saturated carbocycles. The summed E-state index contributed by atoms with van der Waals surface area (Å²) in [5.41, 5.74) is -0.808. The van der Waals surface area contributed by atoms with Crippen LogP contribution in [0.4, 0.5) is 15.8 Å². The lowest BCUT2D eigenvalue weighted by Crippen LogP contribution is -2.25. The molecule has 1 aromatic rings. The highest BCUT2D eigenvalue weighted by Gasteiger charge is 2.25. The smallest absolute Gasteiger partial charge is 0.338 e. The molecule has 0 amide bonds. The number of carboxylic acids is 1. The summed E-state index contributed by atoms with van der Waals surface area (Å²) in [5, 5.41) is 20.0. The van der Waals surface area contributed by atoms with Gasteiger partial charge in [0.2, 0.25) is 0 Å². The third-order valence-electron chi connectivity index (χ3n) is 3.91. The van der Waals surface area contributed by atoms with Crippen molar-refractivity contribution in [3.8, 4) is 0 Å². The Morgan fingerprint density at radius 2 is 2.10 bits per heavy atom. The van der Waals surface area contributed by atoms with Gasteiger partial charge in [-0.05, 0) is 24.8 Å². The van der Waals surface area contributed by atoms with Crippen molar-refractivity contribution >= 4 is 17.3 Å². The van der Waals surface area contributed by atoms with Crippen molar-refractivity contribution in [2.45, 2.75) is 25.7 Å². The fraction of sp³-hybridized carbons (Fsp3) is 0.500. The number of aromatic carboxylic acids is 1. The first-order valence-electron chi connectivity index (χ1n) is 6.82. The molecule has 0 aromatic heterocycles. The predicted molar refractivity (Wildman–Crippen MR) is 75.2 cm³/mol. The molecule has 0 atom stereocenters. The Hall–Kier alpha value is -2.18. The molecule has 1 aliphatic rings. The van der Waals surface area contributed by atoms with Crippen LogP contribution in [0.3, 0.4) is 0 Å². The Morgan fingerprint density at radius 1 is 1.48 bits per heavy atom. The molecule has 0 radical (unpaired) electrons. The van der Waals surface area contributed by atoms with E-state index in [4.69, 9.17) is 5.11 Å². The molecule has 2 rings (SSSR count). The minimum Gasteiger partial charge on any atom is -0.478 e. The van der Waals surface area contributed by atoms with E-state index in [1.807, 2.05) is 0 Å². The largest absolute Gasteiger partial charge is 0.478 e. The molecule has 0 heterocycles. The minimum absolute atomic E-state index is 0.144. The second-order valence-electron chi connectivity index (χ2n) is 5.41. The molecule has 1 fully saturated rings. The van der Waals surface area contributed by atoms with Crippen LogP contribution < -0.4 is 4.90 Å². The Bertz CT molecular complexity index is 570. The van der Waals surface area contributed by atoms with Gasteiger partial charge in [-0.15, -0.1) is 0 Å². The van der Waals surface area contributed by atoms with Crippen LogP contribution in [0.1, 0.15) is 36.0 Å². The fourth-order valence-corrected chi connectivity index (χ4v) is 2.85. The van der Waals surface area contributed by atoms with E-state index < -0.39 is 28.0 Å². The van der Waals surface area contributed by atoms with E-state index in [0.717, 1.165) is 31.7 Å². The van der Waals surface area contributed by atoms with Gasteiger partial charge in [-0.2, -0.15) is 0 Å². The van der Waals surface area contributed by atoms with E-state index >= 15 is 0 Å². The SMILES string of the molecule is CN(CC1CCCC1)c1cc(C(=O)O)c(F)cc1[N+](=O)[O-]. The van der Waals surface area contributed by atoms with Crippen LogP contribution in [-0.2, 0) is 0 Å². The van der Waals surface area contributed by atoms with E-state index in [2.05, 4.69) is 0 Å². The molecule has 0 unspecified atom stereocenters. The van der Waals surface area contributed by atoms with Gasteiger partial charge in [0.05, 0.1) is 16.6 Å². The molecule has 1 aromatic carbocycles. The van der Waals surface area contributed by atoms with Crippen LogP contribution in [0.15, 0.2) is 12.1 Å². The number of carboxylic acid groups (broad SMARTS) is 1. The Morgan fingerprint density at radius 3 is 2.62 bits per heavy atom. The summed E-state index contributed by atoms with van der Waals surface area (Å²) < 4.78 is 13.6. The molecular weight excluding hydrogens is 279 g/mol. The van der Waals surface area contributed by atoms with E-state index in [-0.39, 0.29) is 5.69 Å². The highest BCUT2D eigenvalue weighted by Crippen LogP contribution is 2.33. The normalized spacial score (nSPS) is 15.1. The van der Waals surface area contributed by atoms with Crippen molar-refractivity contribution in [2.75, 3.05) is 18.5 Å². The Kier molecular flexibility index (Phi) is 4.40. The highest BCUT2D eigenvalue weighted by molar-refractivity contribution is 5.90. The molecule has 1 N–H and O–H groups in total. The molecule has 0 spiro atoms. The second-order valence-corrected chi connectivity index (χ2v) is 5.41. The summed E-state index contributed by atoms with van der Waals surface area (Å²) in [6.45, 7) is 0.603. The molecule has 7 heteroatoms. The van der Waals surface area contributed by atoms with Gasteiger partial charge >= 0.3 is 5.97 Å². The van der Waals surface area contributed by atoms with Crippen LogP contribution in [0.25, 0.3) is 0 Å². The summed E-state index contributed by atoms with van der Waals surface area (Å²) in [5.74, 6) is -2.09. The first kappa shape index (κ1) is 15.2. The minimum atomic E-state index is -1.43. The van der Waals surface area contributed by atoms with Crippen molar-refractivity contribution < 1.29 is 19.2 Å². The highest BCUT2D eigenvalue weighted by atomic mass is 19.1. The van der Waals surface area contributed by atoms with Gasteiger partial charge < -0.3 is 10.0 Å². The standard InChI is InChI=1S/C14H17FN2O4/c1-16(8-9-4-2-3-5-9)12-6-10(14(18)19)11(15)7-13(12)17(20)21/h6-7,9H,2-5,8H2,1H3,(H,18,19). The quantitative estimate of drug-likeness (QED) is 0.667. The first-order chi connectivity index (χ1) is 9.90. The number of nitrogens with zero attached hydrogens (tertiary/aromatic N) is 2. The second kappa shape index (κ2) is 6.07. The number of nitro groups is 1. The maximum absolute atomic E-state index is 13.6. The van der Waals surface area contributed by atoms with Crippen LogP contribution in [0, 0.1) is 21.8 Å². The van der Waals surface area contributed by atoms with Gasteiger partial charge in [0.25, 0.3) is 5.69 Å². The number of halogens is 1. The molecule has 0 bridgehead atoms. The molecule has 0 saturated heterocycles. The molecule has 21 heavy (non-hydrogen) atoms. The van der Waals surface area contributed by atoms with Crippen LogP contribution in [0.5, 0.6) is 0 Å². The molecule has 6 nitrogen and oxygen atoms in total. The summed E-state index contributed by atoms with van der Waals surface area (Å²) >= 11 is 0. The molecule has 0 aliphatic heterocycles. The van der Waals surface area contributed by atoms with Gasteiger partial charge in [-0.3, -0.25) is 10.1 Å². The summed E-state index contributed by atoms with van der Waals surface area (Å²) in [4.78, 5) is 23.0. The number of carbonyl (C=O) groups is 1. The van der Waals surface area contributed by atoms with E-state index in [1.165, 1.54) is 0 Å². The fourth-order valence-electron chi connectivity index (χ4n) is 2.85. The van der Waals surface area contributed by atoms with Gasteiger partial charge in [0, 0.05) is 13.6 Å². The zero-order valence-corrected chi connectivity index (χ0v) is 11.7. The number of hydrogen-bond acceptors (Lipinski definition) is 4. The summed E-state index contributed by atoms with van der Waals surface area (Å²) in [6.07, 6.45) is 4.41. The van der Waals surface area contributed by atoms with Crippen molar-refractivity contribution in [3.63, 3.8) is 0 Å². The summed E-state index contributed by atoms with van der Waals surface area (Å²) in [7, 11) is 1.67. The molecule has 114 valence electrons. The van der Waals surface area contributed by atoms with Crippen molar-refractivity contribution in [1.29, 1.82) is 0 Å². The first-order valence-corrected chi connectivity index (χ1v) is 6.82. The monoisotopic (exact) mass is 296 g/mol. The van der Waals surface area contributed by atoms with E-state index in [1.54, 1.807) is 11.9 Å². The summed E-state index contributed by atoms with van der Waals surface area (Å²) in [6, 6.07) is 1.73. The van der Waals surface area contributed by atoms with Gasteiger partial charge in [-0.1, -0.05) is 12.8 Å². The van der Waals surface area contributed by atoms with Gasteiger partial charge in [0.1, 0.15) is 11.5 Å². The van der Waals surface area contributed by atoms with Gasteiger partial charge in [0.15, 0.2) is 0 Å². The lowest BCUT2D eigenvalue weighted by atomic mass is 10.1. The molecule has 1 aliphatic carbocycles. The Balaban J connectivity index is 2.36. The van der Waals surface area contributed by atoms with Crippen LogP contribution >= 0.6 is 0 Å². The van der Waals surface area contributed by atoms with E-state index in [0.29, 0.717) is 18.5 Å². The average molecular weight is 296 g/mol. The Labute approximate surface area is 121 Å². The predicted octanol–water partition coefficient (Wildman–Crippen LogP) is 3.06. The van der Waals surface area contributed by atoms with Gasteiger partial charge in [-0.25, -0.2) is 9.18 Å². The van der Waals surface area contributed by atoms with Crippen LogP contribution in [0.2, 0.25) is 0 Å². The maximum Gasteiger partial charge on any atom is 0.338 e. The number of hydrogen-bond donors (Lipinski definition) is 1. The zero-order chi connectivity index (χ0) is 15.6. The lowest BCUT2D eigenvalue weighted by molar-refractivity contribution is -0.384. The molecular formula is C14H17FN2O4. The average Bonchev–Trinajstić information content (AvgIpc) is 2.90. The van der Waals surface area contributed by atoms with Crippen molar-refractivity contribution in [3.05, 3.63) is 33.6 Å². The zero-order valence-electron chi connectivity index (χ0n) is 11.7. The maximum atomic E-state index is 13.6. The van der Waals surface area contributed by atoms with Crippen molar-refractivity contribution in [2.24, 2.45) is 5.92 Å². The third kappa shape index (κ3) is 3.29. The third-order valence-corrected chi connectivity index (χ3v) is 3.91. The lowest BCUT2D eigenvalue weighted by Gasteiger charge is -2.23. The topological polar surface area (TPSA) is 83.7 Å².